The Morgan fingerprint density at radius 2 is 1.78 bits per heavy atom. The standard InChI is InChI=1S/C9H13/c1-5-9(4)7-6-8(2)3/h5-7H,1-2H2,3-4H3/b8-6+,9-7-. The Bertz CT molecular complexity index is 143. The summed E-state index contributed by atoms with van der Waals surface area (Å²) in [6, 6.07) is 0. The molecule has 0 saturated heterocycles. The first-order chi connectivity index (χ1) is 4.16. The summed E-state index contributed by atoms with van der Waals surface area (Å²) < 4.78 is 0. The van der Waals surface area contributed by atoms with Crippen LogP contribution in [-0.4, -0.2) is 0 Å². The van der Waals surface area contributed by atoms with E-state index < -0.39 is 0 Å². The van der Waals surface area contributed by atoms with E-state index in [2.05, 4.69) is 13.5 Å². The van der Waals surface area contributed by atoms with Crippen LogP contribution in [0.25, 0.3) is 0 Å². The van der Waals surface area contributed by atoms with Crippen molar-refractivity contribution in [2.24, 2.45) is 0 Å². The molecule has 0 bridgehead atoms. The SMILES string of the molecule is [CH2]/C(C)=C\C=C(\C)C=C. The quantitative estimate of drug-likeness (QED) is 0.493. The second-order valence-electron chi connectivity index (χ2n) is 2.13. The van der Waals surface area contributed by atoms with Crippen molar-refractivity contribution in [2.45, 2.75) is 13.8 Å². The number of allylic oxidation sites excluding steroid dienone is 5. The third-order valence-electron chi connectivity index (χ3n) is 0.953. The van der Waals surface area contributed by atoms with Crippen LogP contribution in [0.5, 0.6) is 0 Å². The molecule has 1 radical (unpaired) electrons. The maximum atomic E-state index is 3.73. The third kappa shape index (κ3) is 5.09. The topological polar surface area (TPSA) is 0 Å². The minimum Gasteiger partial charge on any atom is -0.0988 e. The highest BCUT2D eigenvalue weighted by Crippen LogP contribution is 1.95. The van der Waals surface area contributed by atoms with Crippen LogP contribution in [0.1, 0.15) is 13.8 Å². The summed E-state index contributed by atoms with van der Waals surface area (Å²) in [7, 11) is 0. The smallest absolute Gasteiger partial charge is 0.0283 e. The molecule has 0 aromatic carbocycles. The van der Waals surface area contributed by atoms with Gasteiger partial charge >= 0.3 is 0 Å². The molecule has 0 heteroatoms. The zero-order chi connectivity index (χ0) is 7.28. The molecule has 0 spiro atoms. The van der Waals surface area contributed by atoms with Gasteiger partial charge in [-0.2, -0.15) is 0 Å². The molecule has 0 nitrogen and oxygen atoms in total. The molecule has 0 aromatic rings. The number of rotatable bonds is 2. The average molecular weight is 121 g/mol. The molecule has 0 atom stereocenters. The van der Waals surface area contributed by atoms with Crippen molar-refractivity contribution in [3.05, 3.63) is 42.9 Å². The minimum absolute atomic E-state index is 1.07. The van der Waals surface area contributed by atoms with Gasteiger partial charge in [0.2, 0.25) is 0 Å². The molecule has 0 N–H and O–H groups in total. The van der Waals surface area contributed by atoms with E-state index in [1.165, 1.54) is 0 Å². The summed E-state index contributed by atoms with van der Waals surface area (Å²) in [6.45, 7) is 11.3. The second kappa shape index (κ2) is 4.13. The van der Waals surface area contributed by atoms with Gasteiger partial charge in [-0.25, -0.2) is 0 Å². The summed E-state index contributed by atoms with van der Waals surface area (Å²) in [5.41, 5.74) is 2.23. The molecule has 0 amide bonds. The lowest BCUT2D eigenvalue weighted by molar-refractivity contribution is 1.48. The van der Waals surface area contributed by atoms with Gasteiger partial charge in [0.1, 0.15) is 0 Å². The summed E-state index contributed by atoms with van der Waals surface area (Å²) >= 11 is 0. The Morgan fingerprint density at radius 1 is 1.22 bits per heavy atom. The van der Waals surface area contributed by atoms with E-state index in [0.717, 1.165) is 11.1 Å². The van der Waals surface area contributed by atoms with Crippen LogP contribution in [0.15, 0.2) is 36.0 Å². The molecule has 0 aliphatic carbocycles. The Morgan fingerprint density at radius 3 is 2.11 bits per heavy atom. The van der Waals surface area contributed by atoms with Crippen molar-refractivity contribution in [3.8, 4) is 0 Å². The van der Waals surface area contributed by atoms with E-state index in [0.29, 0.717) is 0 Å². The molecule has 0 aromatic heterocycles. The van der Waals surface area contributed by atoms with Gasteiger partial charge in [0.25, 0.3) is 0 Å². The van der Waals surface area contributed by atoms with Crippen LogP contribution in [-0.2, 0) is 0 Å². The van der Waals surface area contributed by atoms with Crippen LogP contribution in [0.2, 0.25) is 0 Å². The first kappa shape index (κ1) is 8.22. The highest BCUT2D eigenvalue weighted by atomic mass is 13.8. The Hall–Kier alpha value is -0.780. The predicted molar refractivity (Wildman–Crippen MR) is 43.1 cm³/mol. The summed E-state index contributed by atoms with van der Waals surface area (Å²) in [5, 5.41) is 0. The molecular weight excluding hydrogens is 108 g/mol. The van der Waals surface area contributed by atoms with E-state index >= 15 is 0 Å². The fourth-order valence-corrected chi connectivity index (χ4v) is 0.342. The van der Waals surface area contributed by atoms with Crippen molar-refractivity contribution in [2.75, 3.05) is 0 Å². The van der Waals surface area contributed by atoms with Crippen LogP contribution < -0.4 is 0 Å². The fraction of sp³-hybridized carbons (Fsp3) is 0.222. The first-order valence-corrected chi connectivity index (χ1v) is 2.96. The average Bonchev–Trinajstić information content (AvgIpc) is 1.83. The largest absolute Gasteiger partial charge is 0.0988 e. The molecule has 0 unspecified atom stereocenters. The number of hydrogen-bond donors (Lipinski definition) is 0. The summed E-state index contributed by atoms with van der Waals surface area (Å²) in [4.78, 5) is 0. The maximum Gasteiger partial charge on any atom is -0.0283 e. The van der Waals surface area contributed by atoms with E-state index in [1.54, 1.807) is 0 Å². The van der Waals surface area contributed by atoms with Crippen molar-refractivity contribution < 1.29 is 0 Å². The molecule has 0 aliphatic heterocycles. The van der Waals surface area contributed by atoms with Crippen LogP contribution in [0.4, 0.5) is 0 Å². The highest BCUT2D eigenvalue weighted by Gasteiger charge is 1.74. The number of hydrogen-bond acceptors (Lipinski definition) is 0. The van der Waals surface area contributed by atoms with Crippen LogP contribution in [0, 0.1) is 6.92 Å². The molecular formula is C9H13. The fourth-order valence-electron chi connectivity index (χ4n) is 0.342. The lowest BCUT2D eigenvalue weighted by Gasteiger charge is -1.85. The van der Waals surface area contributed by atoms with Gasteiger partial charge in [-0.1, -0.05) is 36.0 Å². The van der Waals surface area contributed by atoms with E-state index in [-0.39, 0.29) is 0 Å². The van der Waals surface area contributed by atoms with Gasteiger partial charge in [0.15, 0.2) is 0 Å². The van der Waals surface area contributed by atoms with Crippen LogP contribution >= 0.6 is 0 Å². The predicted octanol–water partition coefficient (Wildman–Crippen LogP) is 2.90. The summed E-state index contributed by atoms with van der Waals surface area (Å²) in [5.74, 6) is 0. The highest BCUT2D eigenvalue weighted by molar-refractivity contribution is 5.22. The molecule has 0 fully saturated rings. The van der Waals surface area contributed by atoms with Gasteiger partial charge in [0.05, 0.1) is 0 Å². The second-order valence-corrected chi connectivity index (χ2v) is 2.13. The lowest BCUT2D eigenvalue weighted by Crippen LogP contribution is -1.65. The monoisotopic (exact) mass is 121 g/mol. The molecule has 49 valence electrons. The van der Waals surface area contributed by atoms with E-state index in [1.807, 2.05) is 32.1 Å². The zero-order valence-electron chi connectivity index (χ0n) is 6.15. The molecule has 0 saturated carbocycles. The normalized spacial score (nSPS) is 13.7. The zero-order valence-corrected chi connectivity index (χ0v) is 6.15. The lowest BCUT2D eigenvalue weighted by atomic mass is 10.2. The van der Waals surface area contributed by atoms with Gasteiger partial charge in [-0.3, -0.25) is 0 Å². The molecule has 0 heterocycles. The Balaban J connectivity index is 3.98. The maximum absolute atomic E-state index is 3.73. The van der Waals surface area contributed by atoms with Gasteiger partial charge in [-0.15, -0.1) is 0 Å². The van der Waals surface area contributed by atoms with Crippen molar-refractivity contribution in [1.82, 2.24) is 0 Å². The first-order valence-electron chi connectivity index (χ1n) is 2.96. The van der Waals surface area contributed by atoms with Gasteiger partial charge in [0, 0.05) is 0 Å². The van der Waals surface area contributed by atoms with Crippen molar-refractivity contribution >= 4 is 0 Å². The molecule has 9 heavy (non-hydrogen) atoms. The third-order valence-corrected chi connectivity index (χ3v) is 0.953. The Kier molecular flexibility index (Phi) is 3.78. The minimum atomic E-state index is 1.07. The van der Waals surface area contributed by atoms with E-state index in [9.17, 15) is 0 Å². The van der Waals surface area contributed by atoms with E-state index in [4.69, 9.17) is 0 Å². The van der Waals surface area contributed by atoms with Crippen molar-refractivity contribution in [1.29, 1.82) is 0 Å². The Labute approximate surface area is 57.6 Å². The van der Waals surface area contributed by atoms with Gasteiger partial charge in [-0.05, 0) is 20.8 Å². The van der Waals surface area contributed by atoms with Crippen LogP contribution in [0.3, 0.4) is 0 Å². The molecule has 0 rings (SSSR count). The van der Waals surface area contributed by atoms with Crippen molar-refractivity contribution in [3.63, 3.8) is 0 Å². The summed E-state index contributed by atoms with van der Waals surface area (Å²) in [6.07, 6.45) is 5.78. The molecule has 0 aliphatic rings. The van der Waals surface area contributed by atoms with Gasteiger partial charge < -0.3 is 0 Å².